The van der Waals surface area contributed by atoms with Crippen LogP contribution in [0, 0.1) is 0 Å². The first kappa shape index (κ1) is 18.1. The van der Waals surface area contributed by atoms with Crippen molar-refractivity contribution in [2.45, 2.75) is 12.6 Å². The first-order valence-corrected chi connectivity index (χ1v) is 9.35. The summed E-state index contributed by atoms with van der Waals surface area (Å²) < 4.78 is 11.3. The van der Waals surface area contributed by atoms with Crippen LogP contribution < -0.4 is 10.1 Å². The fourth-order valence-corrected chi connectivity index (χ4v) is 3.64. The second-order valence-corrected chi connectivity index (χ2v) is 7.10. The average Bonchev–Trinajstić information content (AvgIpc) is 2.91. The highest BCUT2D eigenvalue weighted by Crippen LogP contribution is 2.38. The number of nitrogens with one attached hydrogen (secondary N) is 1. The van der Waals surface area contributed by atoms with E-state index in [1.54, 1.807) is 17.0 Å². The molecule has 2 aliphatic heterocycles. The maximum absolute atomic E-state index is 12.8. The smallest absolute Gasteiger partial charge is 0.253 e. The lowest BCUT2D eigenvalue weighted by Gasteiger charge is -2.28. The number of amides is 1. The molecule has 0 radical (unpaired) electrons. The summed E-state index contributed by atoms with van der Waals surface area (Å²) in [5.41, 5.74) is 2.48. The summed E-state index contributed by atoms with van der Waals surface area (Å²) in [6.07, 6.45) is -0.481. The zero-order valence-corrected chi connectivity index (χ0v) is 15.5. The molecule has 2 aromatic rings. The molecule has 1 fully saturated rings. The van der Waals surface area contributed by atoms with E-state index >= 15 is 0 Å². The van der Waals surface area contributed by atoms with Gasteiger partial charge in [-0.05, 0) is 35.4 Å². The van der Waals surface area contributed by atoms with Crippen LogP contribution in [0.5, 0.6) is 11.5 Å². The summed E-state index contributed by atoms with van der Waals surface area (Å²) in [6, 6.07) is 11.0. The van der Waals surface area contributed by atoms with Crippen LogP contribution in [0.15, 0.2) is 36.4 Å². The van der Waals surface area contributed by atoms with E-state index in [1.165, 1.54) is 0 Å². The molecule has 1 atom stereocenters. The number of ether oxygens (including phenoxy) is 2. The van der Waals surface area contributed by atoms with Gasteiger partial charge in [0.05, 0.1) is 13.2 Å². The number of fused-ring (bicyclic) bond motifs is 1. The number of hydrogen-bond acceptors (Lipinski definition) is 5. The van der Waals surface area contributed by atoms with Gasteiger partial charge in [-0.2, -0.15) is 0 Å². The normalized spacial score (nSPS) is 19.7. The van der Waals surface area contributed by atoms with Gasteiger partial charge in [-0.15, -0.1) is 0 Å². The first-order valence-electron chi connectivity index (χ1n) is 8.97. The summed E-state index contributed by atoms with van der Waals surface area (Å²) >= 11 is 6.09. The van der Waals surface area contributed by atoms with Crippen LogP contribution >= 0.6 is 11.6 Å². The van der Waals surface area contributed by atoms with Gasteiger partial charge in [0.25, 0.3) is 5.91 Å². The molecule has 0 bridgehead atoms. The van der Waals surface area contributed by atoms with E-state index in [0.717, 1.165) is 23.2 Å². The number of carbonyl (C=O) groups excluding carboxylic acids is 1. The summed E-state index contributed by atoms with van der Waals surface area (Å²) in [7, 11) is 0. The van der Waals surface area contributed by atoms with Crippen LogP contribution in [0.25, 0.3) is 11.1 Å². The topological polar surface area (TPSA) is 71.0 Å². The molecule has 1 amide bonds. The Labute approximate surface area is 162 Å². The molecule has 7 heteroatoms. The van der Waals surface area contributed by atoms with Crippen molar-refractivity contribution in [3.05, 3.63) is 47.0 Å². The minimum atomic E-state index is -0.481. The van der Waals surface area contributed by atoms with Gasteiger partial charge in [-0.25, -0.2) is 0 Å². The van der Waals surface area contributed by atoms with Crippen molar-refractivity contribution >= 4 is 17.5 Å². The van der Waals surface area contributed by atoms with Gasteiger partial charge in [-0.3, -0.25) is 4.79 Å². The Morgan fingerprint density at radius 3 is 2.89 bits per heavy atom. The lowest BCUT2D eigenvalue weighted by atomic mass is 10.0. The Bertz CT molecular complexity index is 852. The minimum Gasteiger partial charge on any atom is -0.504 e. The van der Waals surface area contributed by atoms with Gasteiger partial charge in [-0.1, -0.05) is 23.7 Å². The highest BCUT2D eigenvalue weighted by atomic mass is 35.5. The number of nitrogens with zero attached hydrogens (tertiary/aromatic N) is 1. The van der Waals surface area contributed by atoms with Crippen LogP contribution in [-0.2, 0) is 16.1 Å². The number of halogens is 1. The van der Waals surface area contributed by atoms with E-state index in [0.29, 0.717) is 43.6 Å². The quantitative estimate of drug-likeness (QED) is 0.826. The molecule has 1 unspecified atom stereocenters. The molecule has 2 N–H and O–H groups in total. The van der Waals surface area contributed by atoms with Crippen LogP contribution in [0.2, 0.25) is 5.02 Å². The predicted octanol–water partition coefficient (Wildman–Crippen LogP) is 2.42. The molecule has 0 spiro atoms. The molecule has 4 rings (SSSR count). The molecule has 2 heterocycles. The largest absolute Gasteiger partial charge is 0.504 e. The third-order valence-electron chi connectivity index (χ3n) is 4.79. The highest BCUT2D eigenvalue weighted by Gasteiger charge is 2.29. The van der Waals surface area contributed by atoms with E-state index in [-0.39, 0.29) is 11.7 Å². The van der Waals surface area contributed by atoms with Gasteiger partial charge in [0.15, 0.2) is 11.5 Å². The fraction of sp³-hybridized carbons (Fsp3) is 0.350. The van der Waals surface area contributed by atoms with E-state index in [9.17, 15) is 9.90 Å². The molecular formula is C20H21ClN2O4. The highest BCUT2D eigenvalue weighted by molar-refractivity contribution is 6.30. The Morgan fingerprint density at radius 2 is 2.11 bits per heavy atom. The van der Waals surface area contributed by atoms with E-state index in [4.69, 9.17) is 21.1 Å². The van der Waals surface area contributed by atoms with E-state index in [2.05, 4.69) is 5.32 Å². The number of aromatic hydroxyl groups is 1. The standard InChI is InChI=1S/C20H21ClN2O4/c21-16-3-1-2-13(9-16)14-8-15-12-23(5-7-27-19(15)17(24)10-14)20(25)18-11-22-4-6-26-18/h1-3,8-10,18,22,24H,4-7,11-12H2. The zero-order chi connectivity index (χ0) is 18.8. The number of hydrogen-bond donors (Lipinski definition) is 2. The van der Waals surface area contributed by atoms with Crippen molar-refractivity contribution in [1.82, 2.24) is 10.2 Å². The maximum atomic E-state index is 12.8. The van der Waals surface area contributed by atoms with Crippen molar-refractivity contribution in [3.63, 3.8) is 0 Å². The van der Waals surface area contributed by atoms with Crippen LogP contribution in [0.1, 0.15) is 5.56 Å². The Morgan fingerprint density at radius 1 is 1.22 bits per heavy atom. The maximum Gasteiger partial charge on any atom is 0.253 e. The van der Waals surface area contributed by atoms with E-state index in [1.807, 2.05) is 24.3 Å². The number of carbonyl (C=O) groups is 1. The Balaban J connectivity index is 1.63. The van der Waals surface area contributed by atoms with Crippen molar-refractivity contribution < 1.29 is 19.4 Å². The summed E-state index contributed by atoms with van der Waals surface area (Å²) in [5, 5.41) is 14.3. The minimum absolute atomic E-state index is 0.0624. The summed E-state index contributed by atoms with van der Waals surface area (Å²) in [4.78, 5) is 14.6. The Hall–Kier alpha value is -2.28. The first-order chi connectivity index (χ1) is 13.1. The molecule has 27 heavy (non-hydrogen) atoms. The van der Waals surface area contributed by atoms with Gasteiger partial charge < -0.3 is 24.8 Å². The number of morpholine rings is 1. The third kappa shape index (κ3) is 3.88. The number of phenols is 1. The van der Waals surface area contributed by atoms with Crippen molar-refractivity contribution in [3.8, 4) is 22.6 Å². The van der Waals surface area contributed by atoms with Gasteiger partial charge >= 0.3 is 0 Å². The molecule has 6 nitrogen and oxygen atoms in total. The third-order valence-corrected chi connectivity index (χ3v) is 5.02. The summed E-state index contributed by atoms with van der Waals surface area (Å²) in [5.74, 6) is 0.428. The number of rotatable bonds is 2. The van der Waals surface area contributed by atoms with Crippen molar-refractivity contribution in [2.24, 2.45) is 0 Å². The molecule has 0 aliphatic carbocycles. The lowest BCUT2D eigenvalue weighted by molar-refractivity contribution is -0.146. The van der Waals surface area contributed by atoms with Gasteiger partial charge in [0.1, 0.15) is 12.7 Å². The summed E-state index contributed by atoms with van der Waals surface area (Å²) in [6.45, 7) is 2.92. The monoisotopic (exact) mass is 388 g/mol. The van der Waals surface area contributed by atoms with E-state index < -0.39 is 6.10 Å². The Kier molecular flexibility index (Phi) is 5.20. The zero-order valence-electron chi connectivity index (χ0n) is 14.8. The predicted molar refractivity (Wildman–Crippen MR) is 102 cm³/mol. The fourth-order valence-electron chi connectivity index (χ4n) is 3.45. The molecule has 2 aliphatic rings. The van der Waals surface area contributed by atoms with Gasteiger partial charge in [0.2, 0.25) is 0 Å². The van der Waals surface area contributed by atoms with Crippen LogP contribution in [0.3, 0.4) is 0 Å². The van der Waals surface area contributed by atoms with Crippen LogP contribution in [0.4, 0.5) is 0 Å². The molecular weight excluding hydrogens is 368 g/mol. The van der Waals surface area contributed by atoms with Crippen molar-refractivity contribution in [2.75, 3.05) is 32.8 Å². The van der Waals surface area contributed by atoms with Crippen LogP contribution in [-0.4, -0.2) is 54.9 Å². The lowest BCUT2D eigenvalue weighted by Crippen LogP contribution is -2.49. The number of phenolic OH excluding ortho intramolecular Hbond substituents is 1. The van der Waals surface area contributed by atoms with Crippen molar-refractivity contribution in [1.29, 1.82) is 0 Å². The SMILES string of the molecule is O=C(C1CNCCO1)N1CCOc2c(O)cc(-c3cccc(Cl)c3)cc2C1. The second-order valence-electron chi connectivity index (χ2n) is 6.67. The molecule has 142 valence electrons. The van der Waals surface area contributed by atoms with Gasteiger partial charge in [0, 0.05) is 30.2 Å². The molecule has 0 aromatic heterocycles. The second kappa shape index (κ2) is 7.76. The average molecular weight is 389 g/mol. The molecule has 2 aromatic carbocycles. The number of benzene rings is 2. The molecule has 0 saturated carbocycles. The molecule has 1 saturated heterocycles.